The highest BCUT2D eigenvalue weighted by molar-refractivity contribution is 7.13. The predicted molar refractivity (Wildman–Crippen MR) is 64.3 cm³/mol. The molecule has 0 N–H and O–H groups in total. The number of alkyl halides is 3. The van der Waals surface area contributed by atoms with E-state index in [4.69, 9.17) is 0 Å². The number of hydrogen-bond acceptors (Lipinski definition) is 4. The fourth-order valence-corrected chi connectivity index (χ4v) is 2.36. The molecular formula is C12H9F3N2OS. The minimum absolute atomic E-state index is 0.0303. The number of hydrogen-bond donors (Lipinski definition) is 0. The Morgan fingerprint density at radius 2 is 1.79 bits per heavy atom. The first-order chi connectivity index (χ1) is 8.77. The van der Waals surface area contributed by atoms with Crippen LogP contribution in [0.1, 0.15) is 31.6 Å². The number of rotatable bonds is 2. The molecule has 0 bridgehead atoms. The maximum atomic E-state index is 12.4. The van der Waals surface area contributed by atoms with E-state index in [1.165, 1.54) is 0 Å². The molecule has 2 aromatic rings. The summed E-state index contributed by atoms with van der Waals surface area (Å²) >= 11 is 0.348. The Morgan fingerprint density at radius 1 is 1.21 bits per heavy atom. The number of thiazole rings is 1. The van der Waals surface area contributed by atoms with Crippen molar-refractivity contribution in [2.24, 2.45) is 0 Å². The number of halogens is 3. The van der Waals surface area contributed by atoms with Gasteiger partial charge in [-0.15, -0.1) is 11.3 Å². The molecule has 2 heterocycles. The van der Waals surface area contributed by atoms with Crippen LogP contribution in [-0.2, 0) is 6.18 Å². The number of pyridine rings is 1. The van der Waals surface area contributed by atoms with E-state index >= 15 is 0 Å². The SMILES string of the molecule is Cc1cc(C(=O)c2cnc(C(F)(F)F)s2)cc(C)n1. The molecule has 0 aliphatic rings. The number of aromatic nitrogens is 2. The van der Waals surface area contributed by atoms with Crippen molar-refractivity contribution in [3.05, 3.63) is 45.2 Å². The number of carbonyl (C=O) groups is 1. The smallest absolute Gasteiger partial charge is 0.288 e. The van der Waals surface area contributed by atoms with Crippen molar-refractivity contribution < 1.29 is 18.0 Å². The molecular weight excluding hydrogens is 277 g/mol. The van der Waals surface area contributed by atoms with Crippen LogP contribution in [0.25, 0.3) is 0 Å². The van der Waals surface area contributed by atoms with Crippen LogP contribution in [0, 0.1) is 13.8 Å². The van der Waals surface area contributed by atoms with Crippen LogP contribution >= 0.6 is 11.3 Å². The lowest BCUT2D eigenvalue weighted by molar-refractivity contribution is -0.137. The fraction of sp³-hybridized carbons (Fsp3) is 0.250. The largest absolute Gasteiger partial charge is 0.443 e. The zero-order chi connectivity index (χ0) is 14.2. The van der Waals surface area contributed by atoms with Crippen LogP contribution < -0.4 is 0 Å². The maximum Gasteiger partial charge on any atom is 0.443 e. The van der Waals surface area contributed by atoms with Gasteiger partial charge in [-0.1, -0.05) is 0 Å². The average Bonchev–Trinajstić information content (AvgIpc) is 2.75. The van der Waals surface area contributed by atoms with Gasteiger partial charge < -0.3 is 0 Å². The third kappa shape index (κ3) is 2.98. The third-order valence-electron chi connectivity index (χ3n) is 2.32. The van der Waals surface area contributed by atoms with Crippen LogP contribution in [0.5, 0.6) is 0 Å². The zero-order valence-corrected chi connectivity index (χ0v) is 10.9. The summed E-state index contributed by atoms with van der Waals surface area (Å²) in [5, 5.41) is -1.02. The van der Waals surface area contributed by atoms with Gasteiger partial charge in [0.2, 0.25) is 5.78 Å². The van der Waals surface area contributed by atoms with E-state index in [9.17, 15) is 18.0 Å². The van der Waals surface area contributed by atoms with Crippen molar-refractivity contribution in [3.63, 3.8) is 0 Å². The van der Waals surface area contributed by atoms with Gasteiger partial charge in [0.1, 0.15) is 0 Å². The van der Waals surface area contributed by atoms with Crippen molar-refractivity contribution in [1.29, 1.82) is 0 Å². The summed E-state index contributed by atoms with van der Waals surface area (Å²) < 4.78 is 37.3. The van der Waals surface area contributed by atoms with Crippen molar-refractivity contribution in [2.75, 3.05) is 0 Å². The summed E-state index contributed by atoms with van der Waals surface area (Å²) in [5.74, 6) is -0.471. The Labute approximate surface area is 111 Å². The molecule has 0 amide bonds. The van der Waals surface area contributed by atoms with Crippen LogP contribution in [0.3, 0.4) is 0 Å². The molecule has 0 saturated heterocycles. The Morgan fingerprint density at radius 3 is 2.26 bits per heavy atom. The highest BCUT2D eigenvalue weighted by atomic mass is 32.1. The van der Waals surface area contributed by atoms with Crippen molar-refractivity contribution in [1.82, 2.24) is 9.97 Å². The molecule has 0 spiro atoms. The Hall–Kier alpha value is -1.76. The lowest BCUT2D eigenvalue weighted by atomic mass is 10.1. The lowest BCUT2D eigenvalue weighted by Crippen LogP contribution is -2.03. The van der Waals surface area contributed by atoms with Gasteiger partial charge in [0.25, 0.3) is 0 Å². The van der Waals surface area contributed by atoms with Crippen LogP contribution in [0.2, 0.25) is 0 Å². The lowest BCUT2D eigenvalue weighted by Gasteiger charge is -2.02. The second-order valence-electron chi connectivity index (χ2n) is 4.00. The van der Waals surface area contributed by atoms with Gasteiger partial charge in [-0.25, -0.2) is 4.98 Å². The Bertz CT molecular complexity index is 614. The molecule has 0 aromatic carbocycles. The fourth-order valence-electron chi connectivity index (χ4n) is 1.62. The molecule has 0 saturated carbocycles. The molecule has 0 aliphatic heterocycles. The van der Waals surface area contributed by atoms with Crippen LogP contribution in [-0.4, -0.2) is 15.8 Å². The maximum absolute atomic E-state index is 12.4. The molecule has 100 valence electrons. The Balaban J connectivity index is 2.36. The van der Waals surface area contributed by atoms with Gasteiger partial charge >= 0.3 is 6.18 Å². The molecule has 0 atom stereocenters. The summed E-state index contributed by atoms with van der Waals surface area (Å²) in [5.41, 5.74) is 1.61. The second kappa shape index (κ2) is 4.73. The van der Waals surface area contributed by atoms with Crippen LogP contribution in [0.15, 0.2) is 18.3 Å². The molecule has 3 nitrogen and oxygen atoms in total. The molecule has 7 heteroatoms. The first-order valence-corrected chi connectivity index (χ1v) is 6.12. The van der Waals surface area contributed by atoms with E-state index in [0.29, 0.717) is 28.3 Å². The van der Waals surface area contributed by atoms with Gasteiger partial charge in [-0.3, -0.25) is 9.78 Å². The van der Waals surface area contributed by atoms with Crippen molar-refractivity contribution in [3.8, 4) is 0 Å². The number of nitrogens with zero attached hydrogens (tertiary/aromatic N) is 2. The van der Waals surface area contributed by atoms with E-state index in [2.05, 4.69) is 9.97 Å². The summed E-state index contributed by atoms with van der Waals surface area (Å²) in [6, 6.07) is 3.09. The van der Waals surface area contributed by atoms with E-state index in [1.54, 1.807) is 26.0 Å². The topological polar surface area (TPSA) is 42.9 Å². The third-order valence-corrected chi connectivity index (χ3v) is 3.36. The van der Waals surface area contributed by atoms with Gasteiger partial charge in [-0.05, 0) is 26.0 Å². The second-order valence-corrected chi connectivity index (χ2v) is 5.03. The molecule has 0 unspecified atom stereocenters. The molecule has 0 aliphatic carbocycles. The average molecular weight is 286 g/mol. The zero-order valence-electron chi connectivity index (χ0n) is 10.1. The summed E-state index contributed by atoms with van der Waals surface area (Å²) in [6.07, 6.45) is -3.56. The highest BCUT2D eigenvalue weighted by Gasteiger charge is 2.35. The molecule has 2 rings (SSSR count). The van der Waals surface area contributed by atoms with E-state index in [1.807, 2.05) is 0 Å². The molecule has 19 heavy (non-hydrogen) atoms. The number of aryl methyl sites for hydroxylation is 2. The Kier molecular flexibility index (Phi) is 3.40. The highest BCUT2D eigenvalue weighted by Crippen LogP contribution is 2.33. The van der Waals surface area contributed by atoms with E-state index in [0.717, 1.165) is 6.20 Å². The molecule has 0 radical (unpaired) electrons. The van der Waals surface area contributed by atoms with Gasteiger partial charge in [0.15, 0.2) is 5.01 Å². The number of carbonyl (C=O) groups excluding carboxylic acids is 1. The summed E-state index contributed by atoms with van der Waals surface area (Å²) in [4.78, 5) is 19.4. The van der Waals surface area contributed by atoms with Crippen molar-refractivity contribution in [2.45, 2.75) is 20.0 Å². The van der Waals surface area contributed by atoms with Crippen LogP contribution in [0.4, 0.5) is 13.2 Å². The van der Waals surface area contributed by atoms with E-state index in [-0.39, 0.29) is 4.88 Å². The standard InChI is InChI=1S/C12H9F3N2OS/c1-6-3-8(4-7(2)17-6)10(18)9-5-16-11(19-9)12(13,14)15/h3-5H,1-2H3. The van der Waals surface area contributed by atoms with Gasteiger partial charge in [0.05, 0.1) is 4.88 Å². The minimum atomic E-state index is -4.52. The van der Waals surface area contributed by atoms with E-state index < -0.39 is 17.0 Å². The predicted octanol–water partition coefficient (Wildman–Crippen LogP) is 3.40. The minimum Gasteiger partial charge on any atom is -0.288 e. The van der Waals surface area contributed by atoms with Crippen molar-refractivity contribution >= 4 is 17.1 Å². The first kappa shape index (κ1) is 13.7. The quantitative estimate of drug-likeness (QED) is 0.795. The molecule has 2 aromatic heterocycles. The summed E-state index contributed by atoms with van der Waals surface area (Å²) in [7, 11) is 0. The monoisotopic (exact) mass is 286 g/mol. The number of ketones is 1. The van der Waals surface area contributed by atoms with Gasteiger partial charge in [0, 0.05) is 23.1 Å². The molecule has 0 fully saturated rings. The first-order valence-electron chi connectivity index (χ1n) is 5.30. The van der Waals surface area contributed by atoms with Gasteiger partial charge in [-0.2, -0.15) is 13.2 Å². The summed E-state index contributed by atoms with van der Waals surface area (Å²) in [6.45, 7) is 3.44. The normalized spacial score (nSPS) is 11.6.